The maximum absolute atomic E-state index is 14.0. The summed E-state index contributed by atoms with van der Waals surface area (Å²) in [5, 5.41) is 3.62. The number of halogens is 1. The number of piperazine rings is 1. The van der Waals surface area contributed by atoms with E-state index in [0.29, 0.717) is 50.4 Å². The maximum Gasteiger partial charge on any atom is 0.410 e. The fourth-order valence-corrected chi connectivity index (χ4v) is 6.12. The van der Waals surface area contributed by atoms with E-state index in [1.54, 1.807) is 56.7 Å². The van der Waals surface area contributed by atoms with Gasteiger partial charge in [0.1, 0.15) is 29.2 Å². The largest absolute Gasteiger partial charge is 0.444 e. The molecule has 2 unspecified atom stereocenters. The van der Waals surface area contributed by atoms with Gasteiger partial charge in [-0.15, -0.1) is 0 Å². The molecule has 1 N–H and O–H groups in total. The molecule has 1 aromatic heterocycles. The summed E-state index contributed by atoms with van der Waals surface area (Å²) in [5.41, 5.74) is 0.496. The Morgan fingerprint density at radius 2 is 1.67 bits per heavy atom. The highest BCUT2D eigenvalue weighted by Crippen LogP contribution is 2.28. The van der Waals surface area contributed by atoms with E-state index in [0.717, 1.165) is 37.6 Å². The second-order valence-corrected chi connectivity index (χ2v) is 13.1. The molecule has 2 fully saturated rings. The molecule has 4 amide bonds. The van der Waals surface area contributed by atoms with Crippen LogP contribution in [0.5, 0.6) is 0 Å². The van der Waals surface area contributed by atoms with Crippen LogP contribution in [0.1, 0.15) is 70.3 Å². The number of carbonyl (C=O) groups is 4. The standard InChI is InChI=1S/C33H48FN5O6/c1-22(36(5)32(43)45-33(2,3)4)29(40)35-28(23-10-8-7-9-11-23)31(42)38-16-14-37(15-17-38)30(41)27-21-24-20-25(34)12-13-26(24)39(27)18-19-44-6/h12-13,20-23,28H,7-11,14-19H2,1-6H3,(H,35,40). The molecule has 2 heterocycles. The van der Waals surface area contributed by atoms with E-state index in [1.807, 2.05) is 4.57 Å². The van der Waals surface area contributed by atoms with E-state index in [2.05, 4.69) is 5.32 Å². The Morgan fingerprint density at radius 1 is 1.02 bits per heavy atom. The Hall–Kier alpha value is -3.67. The molecule has 1 saturated heterocycles. The van der Waals surface area contributed by atoms with Crippen LogP contribution in [0.15, 0.2) is 24.3 Å². The Morgan fingerprint density at radius 3 is 2.29 bits per heavy atom. The maximum atomic E-state index is 14.0. The molecular formula is C33H48FN5O6. The summed E-state index contributed by atoms with van der Waals surface area (Å²) in [5.74, 6) is -1.15. The first-order valence-electron chi connectivity index (χ1n) is 15.9. The van der Waals surface area contributed by atoms with Gasteiger partial charge in [-0.2, -0.15) is 0 Å². The SMILES string of the molecule is COCCn1c(C(=O)N2CCN(C(=O)C(NC(=O)C(C)N(C)C(=O)OC(C)(C)C)C3CCCCC3)CC2)cc2cc(F)ccc21. The van der Waals surface area contributed by atoms with Crippen LogP contribution in [0.4, 0.5) is 9.18 Å². The minimum absolute atomic E-state index is 0.00854. The van der Waals surface area contributed by atoms with Gasteiger partial charge < -0.3 is 29.2 Å². The molecule has 2 atom stereocenters. The van der Waals surface area contributed by atoms with Crippen molar-refractivity contribution in [3.63, 3.8) is 0 Å². The molecule has 4 rings (SSSR count). The summed E-state index contributed by atoms with van der Waals surface area (Å²) in [6, 6.07) is 4.60. The molecule has 0 bridgehead atoms. The molecule has 1 aliphatic heterocycles. The van der Waals surface area contributed by atoms with Crippen LogP contribution in [-0.4, -0.2) is 108 Å². The van der Waals surface area contributed by atoms with Crippen LogP contribution in [-0.2, 0) is 25.6 Å². The first-order valence-corrected chi connectivity index (χ1v) is 15.9. The predicted molar refractivity (Wildman–Crippen MR) is 168 cm³/mol. The second-order valence-electron chi connectivity index (χ2n) is 13.1. The number of amides is 4. The lowest BCUT2D eigenvalue weighted by atomic mass is 9.83. The number of methoxy groups -OCH3 is 1. The number of hydrogen-bond donors (Lipinski definition) is 1. The number of carbonyl (C=O) groups excluding carboxylic acids is 4. The van der Waals surface area contributed by atoms with Crippen molar-refractivity contribution in [1.29, 1.82) is 0 Å². The molecule has 1 saturated carbocycles. The van der Waals surface area contributed by atoms with Gasteiger partial charge in [0, 0.05) is 57.8 Å². The fraction of sp³-hybridized carbons (Fsp3) is 0.636. The average molecular weight is 630 g/mol. The van der Waals surface area contributed by atoms with Gasteiger partial charge in [-0.25, -0.2) is 9.18 Å². The van der Waals surface area contributed by atoms with Crippen LogP contribution in [0.25, 0.3) is 10.9 Å². The van der Waals surface area contributed by atoms with Crippen molar-refractivity contribution in [3.8, 4) is 0 Å². The molecular weight excluding hydrogens is 581 g/mol. The topological polar surface area (TPSA) is 113 Å². The monoisotopic (exact) mass is 629 g/mol. The minimum Gasteiger partial charge on any atom is -0.444 e. The van der Waals surface area contributed by atoms with Crippen molar-refractivity contribution < 1.29 is 33.0 Å². The summed E-state index contributed by atoms with van der Waals surface area (Å²) in [4.78, 5) is 58.3. The van der Waals surface area contributed by atoms with E-state index < -0.39 is 29.7 Å². The second kappa shape index (κ2) is 14.6. The molecule has 12 heteroatoms. The van der Waals surface area contributed by atoms with Crippen molar-refractivity contribution in [1.82, 2.24) is 24.6 Å². The Bertz CT molecular complexity index is 1370. The minimum atomic E-state index is -0.841. The first kappa shape index (κ1) is 34.2. The van der Waals surface area contributed by atoms with E-state index in [-0.39, 0.29) is 23.5 Å². The smallest absolute Gasteiger partial charge is 0.410 e. The Balaban J connectivity index is 1.44. The van der Waals surface area contributed by atoms with Crippen molar-refractivity contribution in [2.45, 2.75) is 84.0 Å². The van der Waals surface area contributed by atoms with Crippen molar-refractivity contribution in [2.24, 2.45) is 5.92 Å². The predicted octanol–water partition coefficient (Wildman–Crippen LogP) is 4.03. The van der Waals surface area contributed by atoms with Gasteiger partial charge >= 0.3 is 6.09 Å². The van der Waals surface area contributed by atoms with E-state index in [9.17, 15) is 23.6 Å². The molecule has 45 heavy (non-hydrogen) atoms. The zero-order chi connectivity index (χ0) is 32.9. The van der Waals surface area contributed by atoms with Crippen LogP contribution >= 0.6 is 0 Å². The summed E-state index contributed by atoms with van der Waals surface area (Å²) in [6.45, 7) is 9.03. The highest BCUT2D eigenvalue weighted by atomic mass is 19.1. The van der Waals surface area contributed by atoms with Gasteiger partial charge in [0.05, 0.1) is 6.61 Å². The van der Waals surface area contributed by atoms with Crippen molar-refractivity contribution in [2.75, 3.05) is 46.9 Å². The van der Waals surface area contributed by atoms with Crippen molar-refractivity contribution >= 4 is 34.7 Å². The number of aromatic nitrogens is 1. The third-order valence-corrected chi connectivity index (χ3v) is 8.81. The highest BCUT2D eigenvalue weighted by Gasteiger charge is 2.38. The number of benzene rings is 1. The van der Waals surface area contributed by atoms with E-state index in [4.69, 9.17) is 9.47 Å². The van der Waals surface area contributed by atoms with Crippen molar-refractivity contribution in [3.05, 3.63) is 35.8 Å². The summed E-state index contributed by atoms with van der Waals surface area (Å²) in [7, 11) is 3.10. The van der Waals surface area contributed by atoms with Gasteiger partial charge in [0.25, 0.3) is 5.91 Å². The zero-order valence-corrected chi connectivity index (χ0v) is 27.4. The molecule has 1 aliphatic carbocycles. The van der Waals surface area contributed by atoms with Gasteiger partial charge in [-0.3, -0.25) is 19.3 Å². The number of likely N-dealkylation sites (N-methyl/N-ethyl adjacent to an activating group) is 1. The summed E-state index contributed by atoms with van der Waals surface area (Å²) < 4.78 is 26.5. The van der Waals surface area contributed by atoms with Crippen LogP contribution in [0.2, 0.25) is 0 Å². The lowest BCUT2D eigenvalue weighted by Crippen LogP contribution is -2.59. The number of fused-ring (bicyclic) bond motifs is 1. The average Bonchev–Trinajstić information content (AvgIpc) is 3.37. The molecule has 11 nitrogen and oxygen atoms in total. The van der Waals surface area contributed by atoms with E-state index >= 15 is 0 Å². The number of rotatable bonds is 9. The molecule has 2 aliphatic rings. The van der Waals surface area contributed by atoms with Gasteiger partial charge in [-0.05, 0) is 70.7 Å². The van der Waals surface area contributed by atoms with Crippen LogP contribution < -0.4 is 5.32 Å². The van der Waals surface area contributed by atoms with Gasteiger partial charge in [-0.1, -0.05) is 19.3 Å². The lowest BCUT2D eigenvalue weighted by Gasteiger charge is -2.39. The summed E-state index contributed by atoms with van der Waals surface area (Å²) in [6.07, 6.45) is 4.12. The highest BCUT2D eigenvalue weighted by molar-refractivity contribution is 5.99. The quantitative estimate of drug-likeness (QED) is 0.448. The third-order valence-electron chi connectivity index (χ3n) is 8.81. The van der Waals surface area contributed by atoms with Crippen LogP contribution in [0, 0.1) is 11.7 Å². The molecule has 1 aromatic carbocycles. The Kier molecular flexibility index (Phi) is 11.1. The Labute approximate surface area is 265 Å². The normalized spacial score (nSPS) is 17.6. The number of ether oxygens (including phenoxy) is 2. The van der Waals surface area contributed by atoms with Crippen LogP contribution in [0.3, 0.4) is 0 Å². The number of hydrogen-bond acceptors (Lipinski definition) is 6. The molecule has 0 spiro atoms. The van der Waals surface area contributed by atoms with Gasteiger partial charge in [0.2, 0.25) is 11.8 Å². The zero-order valence-electron chi connectivity index (χ0n) is 27.4. The third kappa shape index (κ3) is 8.33. The lowest BCUT2D eigenvalue weighted by molar-refractivity contribution is -0.140. The van der Waals surface area contributed by atoms with Gasteiger partial charge in [0.15, 0.2) is 0 Å². The number of nitrogens with zero attached hydrogens (tertiary/aromatic N) is 4. The first-order chi connectivity index (χ1) is 21.3. The fourth-order valence-electron chi connectivity index (χ4n) is 6.12. The molecule has 2 aromatic rings. The van der Waals surface area contributed by atoms with E-state index in [1.165, 1.54) is 24.1 Å². The number of nitrogens with one attached hydrogen (secondary N) is 1. The molecule has 0 radical (unpaired) electrons. The summed E-state index contributed by atoms with van der Waals surface area (Å²) >= 11 is 0. The molecule has 248 valence electrons.